The quantitative estimate of drug-likeness (QED) is 0.567. The highest BCUT2D eigenvalue weighted by atomic mass is 16.5. The molecule has 1 unspecified atom stereocenters. The van der Waals surface area contributed by atoms with Crippen LogP contribution in [0.2, 0.25) is 0 Å². The van der Waals surface area contributed by atoms with Crippen LogP contribution in [0.1, 0.15) is 12.6 Å². The van der Waals surface area contributed by atoms with Crippen molar-refractivity contribution in [2.75, 3.05) is 21.3 Å². The summed E-state index contributed by atoms with van der Waals surface area (Å²) in [5.74, 6) is -0.256. The number of rotatable bonds is 7. The fourth-order valence-corrected chi connectivity index (χ4v) is 2.25. The second kappa shape index (κ2) is 7.63. The number of ether oxygens (including phenoxy) is 3. The summed E-state index contributed by atoms with van der Waals surface area (Å²) in [5, 5.41) is 0. The monoisotopic (exact) mass is 333 g/mol. The summed E-state index contributed by atoms with van der Waals surface area (Å²) in [7, 11) is 4.34. The zero-order valence-corrected chi connectivity index (χ0v) is 14.0. The molecule has 1 aromatic heterocycles. The van der Waals surface area contributed by atoms with Crippen LogP contribution in [0.3, 0.4) is 0 Å². The van der Waals surface area contributed by atoms with Crippen LogP contribution in [-0.4, -0.2) is 38.1 Å². The van der Waals surface area contributed by atoms with Crippen molar-refractivity contribution >= 4 is 11.8 Å². The molecule has 0 radical (unpaired) electrons. The minimum absolute atomic E-state index is 0.124. The Morgan fingerprint density at radius 2 is 1.88 bits per heavy atom. The number of hydrogen-bond donors (Lipinski definition) is 0. The molecular weight excluding hydrogens is 314 g/mol. The Kier molecular flexibility index (Phi) is 5.57. The van der Waals surface area contributed by atoms with E-state index in [0.29, 0.717) is 28.6 Å². The van der Waals surface area contributed by atoms with Crippen LogP contribution >= 0.6 is 0 Å². The summed E-state index contributed by atoms with van der Waals surface area (Å²) in [6, 6.07) is 5.25. The minimum Gasteiger partial charge on any atom is -0.493 e. The Morgan fingerprint density at radius 3 is 2.46 bits per heavy atom. The standard InChI is InChI=1S/C17H19NO6/c1-10(19)13(17(20)23-4)8-12-9-24-16(18-12)11-5-6-14(21-2)15(7-11)22-3/h5-7,9,13H,8H2,1-4H3. The molecule has 7 nitrogen and oxygen atoms in total. The number of aromatic nitrogens is 1. The van der Waals surface area contributed by atoms with Crippen LogP contribution < -0.4 is 9.47 Å². The fraction of sp³-hybridized carbons (Fsp3) is 0.353. The maximum atomic E-state index is 11.7. The van der Waals surface area contributed by atoms with Gasteiger partial charge < -0.3 is 18.6 Å². The maximum Gasteiger partial charge on any atom is 0.316 e. The third kappa shape index (κ3) is 3.73. The second-order valence-electron chi connectivity index (χ2n) is 5.10. The van der Waals surface area contributed by atoms with Crippen molar-refractivity contribution in [1.82, 2.24) is 4.98 Å². The van der Waals surface area contributed by atoms with E-state index < -0.39 is 11.9 Å². The number of Topliss-reactive ketones (excluding diaryl/α,β-unsaturated/α-hetero) is 1. The van der Waals surface area contributed by atoms with Gasteiger partial charge in [-0.1, -0.05) is 0 Å². The van der Waals surface area contributed by atoms with Gasteiger partial charge in [0, 0.05) is 12.0 Å². The van der Waals surface area contributed by atoms with E-state index in [9.17, 15) is 9.59 Å². The Morgan fingerprint density at radius 1 is 1.17 bits per heavy atom. The van der Waals surface area contributed by atoms with Gasteiger partial charge >= 0.3 is 5.97 Å². The highest BCUT2D eigenvalue weighted by Gasteiger charge is 2.26. The molecule has 0 N–H and O–H groups in total. The Bertz CT molecular complexity index is 736. The molecule has 0 amide bonds. The molecular formula is C17H19NO6. The van der Waals surface area contributed by atoms with Gasteiger partial charge in [-0.3, -0.25) is 9.59 Å². The first kappa shape index (κ1) is 17.5. The van der Waals surface area contributed by atoms with E-state index in [4.69, 9.17) is 13.9 Å². The zero-order chi connectivity index (χ0) is 17.7. The number of carbonyl (C=O) groups excluding carboxylic acids is 2. The number of hydrogen-bond acceptors (Lipinski definition) is 7. The van der Waals surface area contributed by atoms with Gasteiger partial charge in [-0.2, -0.15) is 0 Å². The van der Waals surface area contributed by atoms with Gasteiger partial charge in [0.15, 0.2) is 11.5 Å². The first-order chi connectivity index (χ1) is 11.5. The Hall–Kier alpha value is -2.83. The first-order valence-electron chi connectivity index (χ1n) is 7.25. The molecule has 1 aromatic carbocycles. The van der Waals surface area contributed by atoms with Crippen LogP contribution in [0, 0.1) is 5.92 Å². The lowest BCUT2D eigenvalue weighted by Crippen LogP contribution is -2.25. The van der Waals surface area contributed by atoms with Crippen LogP contribution in [-0.2, 0) is 20.7 Å². The first-order valence-corrected chi connectivity index (χ1v) is 7.25. The summed E-state index contributed by atoms with van der Waals surface area (Å²) in [5.41, 5.74) is 1.18. The number of oxazole rings is 1. The molecule has 0 saturated heterocycles. The molecule has 0 aliphatic carbocycles. The molecule has 1 atom stereocenters. The topological polar surface area (TPSA) is 87.9 Å². The van der Waals surface area contributed by atoms with Gasteiger partial charge in [-0.15, -0.1) is 0 Å². The summed E-state index contributed by atoms with van der Waals surface area (Å²) >= 11 is 0. The Balaban J connectivity index is 2.24. The molecule has 0 aliphatic heterocycles. The van der Waals surface area contributed by atoms with Crippen molar-refractivity contribution in [1.29, 1.82) is 0 Å². The van der Waals surface area contributed by atoms with E-state index in [-0.39, 0.29) is 12.2 Å². The summed E-state index contributed by atoms with van der Waals surface area (Å²) in [6.07, 6.45) is 1.55. The molecule has 0 spiro atoms. The zero-order valence-electron chi connectivity index (χ0n) is 14.0. The second-order valence-corrected chi connectivity index (χ2v) is 5.10. The fourth-order valence-electron chi connectivity index (χ4n) is 2.25. The lowest BCUT2D eigenvalue weighted by atomic mass is 10.00. The number of benzene rings is 1. The van der Waals surface area contributed by atoms with Crippen molar-refractivity contribution in [2.45, 2.75) is 13.3 Å². The van der Waals surface area contributed by atoms with Gasteiger partial charge in [0.2, 0.25) is 5.89 Å². The van der Waals surface area contributed by atoms with Crippen molar-refractivity contribution in [2.24, 2.45) is 5.92 Å². The van der Waals surface area contributed by atoms with Gasteiger partial charge in [0.05, 0.1) is 27.0 Å². The van der Waals surface area contributed by atoms with E-state index in [0.717, 1.165) is 0 Å². The number of nitrogens with zero attached hydrogens (tertiary/aromatic N) is 1. The number of esters is 1. The van der Waals surface area contributed by atoms with Crippen molar-refractivity contribution in [3.05, 3.63) is 30.2 Å². The van der Waals surface area contributed by atoms with Crippen LogP contribution in [0.4, 0.5) is 0 Å². The maximum absolute atomic E-state index is 11.7. The van der Waals surface area contributed by atoms with Crippen molar-refractivity contribution < 1.29 is 28.2 Å². The largest absolute Gasteiger partial charge is 0.493 e. The third-order valence-corrected chi connectivity index (χ3v) is 3.57. The molecule has 2 aromatic rings. The lowest BCUT2D eigenvalue weighted by molar-refractivity contribution is -0.148. The van der Waals surface area contributed by atoms with E-state index >= 15 is 0 Å². The molecule has 7 heteroatoms. The predicted octanol–water partition coefficient (Wildman–Crippen LogP) is 2.28. The van der Waals surface area contributed by atoms with E-state index in [1.807, 2.05) is 0 Å². The van der Waals surface area contributed by atoms with E-state index in [2.05, 4.69) is 9.72 Å². The summed E-state index contributed by atoms with van der Waals surface area (Å²) in [6.45, 7) is 1.34. The van der Waals surface area contributed by atoms with E-state index in [1.54, 1.807) is 25.3 Å². The number of methoxy groups -OCH3 is 3. The van der Waals surface area contributed by atoms with E-state index in [1.165, 1.54) is 27.4 Å². The van der Waals surface area contributed by atoms with Gasteiger partial charge in [-0.05, 0) is 25.1 Å². The predicted molar refractivity (Wildman–Crippen MR) is 84.9 cm³/mol. The normalized spacial score (nSPS) is 11.7. The highest BCUT2D eigenvalue weighted by molar-refractivity contribution is 5.97. The average molecular weight is 333 g/mol. The Labute approximate surface area is 139 Å². The molecule has 0 fully saturated rings. The van der Waals surface area contributed by atoms with Crippen LogP contribution in [0.25, 0.3) is 11.5 Å². The lowest BCUT2D eigenvalue weighted by Gasteiger charge is -2.09. The minimum atomic E-state index is -0.890. The number of ketones is 1. The summed E-state index contributed by atoms with van der Waals surface area (Å²) in [4.78, 5) is 27.6. The number of carbonyl (C=O) groups is 2. The SMILES string of the molecule is COC(=O)C(Cc1coc(-c2ccc(OC)c(OC)c2)n1)C(C)=O. The molecule has 0 saturated carbocycles. The molecule has 24 heavy (non-hydrogen) atoms. The molecule has 128 valence electrons. The third-order valence-electron chi connectivity index (χ3n) is 3.57. The highest BCUT2D eigenvalue weighted by Crippen LogP contribution is 2.32. The smallest absolute Gasteiger partial charge is 0.316 e. The van der Waals surface area contributed by atoms with Gasteiger partial charge in [0.1, 0.15) is 18.0 Å². The summed E-state index contributed by atoms with van der Waals surface area (Å²) < 4.78 is 20.5. The molecule has 0 bridgehead atoms. The van der Waals surface area contributed by atoms with Gasteiger partial charge in [0.25, 0.3) is 0 Å². The van der Waals surface area contributed by atoms with Crippen molar-refractivity contribution in [3.8, 4) is 23.0 Å². The van der Waals surface area contributed by atoms with Crippen LogP contribution in [0.5, 0.6) is 11.5 Å². The van der Waals surface area contributed by atoms with Crippen LogP contribution in [0.15, 0.2) is 28.9 Å². The van der Waals surface area contributed by atoms with Gasteiger partial charge in [-0.25, -0.2) is 4.98 Å². The molecule has 1 heterocycles. The molecule has 0 aliphatic rings. The molecule has 2 rings (SSSR count). The average Bonchev–Trinajstić information content (AvgIpc) is 3.06. The van der Waals surface area contributed by atoms with Crippen molar-refractivity contribution in [3.63, 3.8) is 0 Å².